The van der Waals surface area contributed by atoms with E-state index < -0.39 is 57.2 Å². The van der Waals surface area contributed by atoms with Gasteiger partial charge in [0, 0.05) is 35.4 Å². The quantitative estimate of drug-likeness (QED) is 0.119. The van der Waals surface area contributed by atoms with Gasteiger partial charge in [0.15, 0.2) is 11.6 Å². The highest BCUT2D eigenvalue weighted by Gasteiger charge is 2.17. The maximum atomic E-state index is 12.5. The minimum Gasteiger partial charge on any atom is -0.508 e. The van der Waals surface area contributed by atoms with Gasteiger partial charge in [-0.15, -0.1) is 0 Å². The average molecular weight is 542 g/mol. The lowest BCUT2D eigenvalue weighted by Crippen LogP contribution is -1.96. The van der Waals surface area contributed by atoms with Gasteiger partial charge in [-0.05, 0) is 47.5 Å². The van der Waals surface area contributed by atoms with Crippen LogP contribution in [0.1, 0.15) is 31.8 Å². The molecular weight excluding hydrogens is 520 g/mol. The molecule has 4 aromatic carbocycles. The van der Waals surface area contributed by atoms with Crippen LogP contribution in [-0.4, -0.2) is 52.4 Å². The molecule has 0 aromatic heterocycles. The van der Waals surface area contributed by atoms with Gasteiger partial charge in [-0.3, -0.25) is 9.59 Å². The molecule has 0 radical (unpaired) electrons. The summed E-state index contributed by atoms with van der Waals surface area (Å²) in [6.07, 6.45) is 4.85. The molecule has 0 aliphatic carbocycles. The average Bonchev–Trinajstić information content (AvgIpc) is 2.86. The summed E-state index contributed by atoms with van der Waals surface area (Å²) < 4.78 is 0. The van der Waals surface area contributed by atoms with Gasteiger partial charge < -0.3 is 40.9 Å². The Morgan fingerprint density at radius 2 is 0.775 bits per heavy atom. The SMILES string of the molecule is O=C(C=Cc1ccc(O)c(-c2cc(C=CC(=O)c3c(O)cc(O)cc3O)ccc2O)c1)c1c(O)cc(O)cc1O. The van der Waals surface area contributed by atoms with Crippen LogP contribution < -0.4 is 0 Å². The van der Waals surface area contributed by atoms with Gasteiger partial charge in [0.05, 0.1) is 0 Å². The Morgan fingerprint density at radius 3 is 1.10 bits per heavy atom. The first-order chi connectivity index (χ1) is 18.9. The molecule has 0 amide bonds. The third-order valence-electron chi connectivity index (χ3n) is 5.84. The van der Waals surface area contributed by atoms with Gasteiger partial charge in [0.1, 0.15) is 57.1 Å². The minimum absolute atomic E-state index is 0.179. The standard InChI is InChI=1S/C30H22O10/c31-17-11-25(37)29(26(38)12-17)23(35)7-3-15-1-5-21(33)19(9-15)20-10-16(2-6-22(20)34)4-8-24(36)30-27(39)13-18(32)14-28(30)40/h1-14,31-34,37-40H. The van der Waals surface area contributed by atoms with Crippen LogP contribution in [0, 0.1) is 0 Å². The zero-order chi connectivity index (χ0) is 29.1. The van der Waals surface area contributed by atoms with Crippen LogP contribution in [0.15, 0.2) is 72.8 Å². The number of hydrogen-bond acceptors (Lipinski definition) is 10. The highest BCUT2D eigenvalue weighted by Crippen LogP contribution is 2.38. The van der Waals surface area contributed by atoms with Crippen molar-refractivity contribution in [2.24, 2.45) is 0 Å². The largest absolute Gasteiger partial charge is 0.508 e. The van der Waals surface area contributed by atoms with Crippen molar-refractivity contribution in [3.8, 4) is 57.1 Å². The molecule has 10 nitrogen and oxygen atoms in total. The van der Waals surface area contributed by atoms with Crippen molar-refractivity contribution >= 4 is 23.7 Å². The second-order valence-electron chi connectivity index (χ2n) is 8.67. The lowest BCUT2D eigenvalue weighted by atomic mass is 9.98. The lowest BCUT2D eigenvalue weighted by Gasteiger charge is -2.10. The molecule has 10 heteroatoms. The number of carbonyl (C=O) groups is 2. The summed E-state index contributed by atoms with van der Waals surface area (Å²) in [4.78, 5) is 25.0. The number of phenols is 8. The maximum absolute atomic E-state index is 12.5. The Balaban J connectivity index is 1.63. The molecule has 8 N–H and O–H groups in total. The first-order valence-corrected chi connectivity index (χ1v) is 11.6. The molecule has 0 fully saturated rings. The van der Waals surface area contributed by atoms with Gasteiger partial charge in [-0.2, -0.15) is 0 Å². The highest BCUT2D eigenvalue weighted by atomic mass is 16.3. The second-order valence-corrected chi connectivity index (χ2v) is 8.67. The molecule has 0 saturated heterocycles. The Bertz CT molecular complexity index is 1540. The van der Waals surface area contributed by atoms with Gasteiger partial charge in [0.25, 0.3) is 0 Å². The number of allylic oxidation sites excluding steroid dienone is 2. The Kier molecular flexibility index (Phi) is 7.35. The van der Waals surface area contributed by atoms with E-state index in [0.29, 0.717) is 11.1 Å². The fraction of sp³-hybridized carbons (Fsp3) is 0. The van der Waals surface area contributed by atoms with E-state index in [2.05, 4.69) is 0 Å². The summed E-state index contributed by atoms with van der Waals surface area (Å²) in [6, 6.07) is 12.2. The summed E-state index contributed by atoms with van der Waals surface area (Å²) in [6.45, 7) is 0. The van der Waals surface area contributed by atoms with E-state index >= 15 is 0 Å². The van der Waals surface area contributed by atoms with E-state index in [1.165, 1.54) is 48.6 Å². The van der Waals surface area contributed by atoms with Crippen LogP contribution in [0.3, 0.4) is 0 Å². The number of ketones is 2. The van der Waals surface area contributed by atoms with Gasteiger partial charge >= 0.3 is 0 Å². The zero-order valence-electron chi connectivity index (χ0n) is 20.5. The lowest BCUT2D eigenvalue weighted by molar-refractivity contribution is 0.103. The molecule has 0 heterocycles. The fourth-order valence-corrected chi connectivity index (χ4v) is 3.96. The molecule has 0 saturated carbocycles. The number of phenolic OH excluding ortho intramolecular Hbond substituents is 8. The van der Waals surface area contributed by atoms with Crippen molar-refractivity contribution in [3.63, 3.8) is 0 Å². The Hall–Kier alpha value is -5.90. The van der Waals surface area contributed by atoms with Crippen molar-refractivity contribution in [1.82, 2.24) is 0 Å². The number of carbonyl (C=O) groups excluding carboxylic acids is 2. The van der Waals surface area contributed by atoms with Crippen LogP contribution >= 0.6 is 0 Å². The zero-order valence-corrected chi connectivity index (χ0v) is 20.5. The highest BCUT2D eigenvalue weighted by molar-refractivity contribution is 6.11. The number of benzene rings is 4. The third-order valence-corrected chi connectivity index (χ3v) is 5.84. The van der Waals surface area contributed by atoms with Gasteiger partial charge in [-0.1, -0.05) is 24.3 Å². The Labute approximate surface area is 226 Å². The molecule has 4 aromatic rings. The normalized spacial score (nSPS) is 11.3. The van der Waals surface area contributed by atoms with Crippen LogP contribution in [0.2, 0.25) is 0 Å². The summed E-state index contributed by atoms with van der Waals surface area (Å²) in [5, 5.41) is 79.4. The number of rotatable bonds is 7. The van der Waals surface area contributed by atoms with E-state index in [1.807, 2.05) is 0 Å². The van der Waals surface area contributed by atoms with Crippen LogP contribution in [0.5, 0.6) is 46.0 Å². The van der Waals surface area contributed by atoms with Gasteiger partial charge in [0.2, 0.25) is 0 Å². The fourth-order valence-electron chi connectivity index (χ4n) is 3.96. The molecule has 0 bridgehead atoms. The first-order valence-electron chi connectivity index (χ1n) is 11.6. The smallest absolute Gasteiger partial charge is 0.193 e. The monoisotopic (exact) mass is 542 g/mol. The van der Waals surface area contributed by atoms with E-state index in [9.17, 15) is 50.4 Å². The van der Waals surface area contributed by atoms with Crippen LogP contribution in [0.25, 0.3) is 23.3 Å². The molecule has 4 rings (SSSR count). The summed E-state index contributed by atoms with van der Waals surface area (Å²) in [7, 11) is 0. The molecular formula is C30H22O10. The topological polar surface area (TPSA) is 196 Å². The van der Waals surface area contributed by atoms with Crippen LogP contribution in [0.4, 0.5) is 0 Å². The number of hydrogen-bond donors (Lipinski definition) is 8. The van der Waals surface area contributed by atoms with Crippen molar-refractivity contribution in [2.45, 2.75) is 0 Å². The summed E-state index contributed by atoms with van der Waals surface area (Å²) in [5.41, 5.74) is 0.360. The van der Waals surface area contributed by atoms with E-state index in [1.54, 1.807) is 0 Å². The number of aromatic hydroxyl groups is 8. The second kappa shape index (κ2) is 10.8. The molecule has 0 aliphatic heterocycles. The molecule has 202 valence electrons. The van der Waals surface area contributed by atoms with E-state index in [-0.39, 0.29) is 22.6 Å². The van der Waals surface area contributed by atoms with Crippen molar-refractivity contribution < 1.29 is 50.4 Å². The maximum Gasteiger partial charge on any atom is 0.193 e. The molecule has 0 aliphatic rings. The molecule has 0 spiro atoms. The van der Waals surface area contributed by atoms with Crippen molar-refractivity contribution in [1.29, 1.82) is 0 Å². The summed E-state index contributed by atoms with van der Waals surface area (Å²) >= 11 is 0. The van der Waals surface area contributed by atoms with Crippen LogP contribution in [-0.2, 0) is 0 Å². The predicted octanol–water partition coefficient (Wildman–Crippen LogP) is 4.79. The molecule has 0 atom stereocenters. The Morgan fingerprint density at radius 1 is 0.450 bits per heavy atom. The first kappa shape index (κ1) is 27.1. The minimum atomic E-state index is -0.755. The molecule has 40 heavy (non-hydrogen) atoms. The van der Waals surface area contributed by atoms with Crippen molar-refractivity contribution in [2.75, 3.05) is 0 Å². The van der Waals surface area contributed by atoms with E-state index in [4.69, 9.17) is 0 Å². The van der Waals surface area contributed by atoms with E-state index in [0.717, 1.165) is 36.4 Å². The van der Waals surface area contributed by atoms with Gasteiger partial charge in [-0.25, -0.2) is 0 Å². The third kappa shape index (κ3) is 5.65. The molecule has 0 unspecified atom stereocenters. The van der Waals surface area contributed by atoms with Crippen molar-refractivity contribution in [3.05, 3.63) is 95.1 Å². The summed E-state index contributed by atoms with van der Waals surface area (Å²) in [5.74, 6) is -5.19. The predicted molar refractivity (Wildman–Crippen MR) is 145 cm³/mol.